The molecule has 1 aromatic heterocycles. The number of benzene rings is 1. The molecular weight excluding hydrogens is 238 g/mol. The Morgan fingerprint density at radius 1 is 0.895 bits per heavy atom. The third-order valence-electron chi connectivity index (χ3n) is 2.95. The Labute approximate surface area is 113 Å². The SMILES string of the molecule is OCCCCc1ccc(OCc2ccncc2)cc1. The van der Waals surface area contributed by atoms with Gasteiger partial charge in [0, 0.05) is 19.0 Å². The summed E-state index contributed by atoms with van der Waals surface area (Å²) in [6.45, 7) is 0.833. The number of aryl methyl sites for hydroxylation is 1. The molecule has 3 nitrogen and oxygen atoms in total. The Kier molecular flexibility index (Phi) is 5.38. The minimum atomic E-state index is 0.271. The van der Waals surface area contributed by atoms with Gasteiger partial charge in [0.1, 0.15) is 12.4 Å². The van der Waals surface area contributed by atoms with Gasteiger partial charge < -0.3 is 9.84 Å². The van der Waals surface area contributed by atoms with E-state index in [1.807, 2.05) is 24.3 Å². The lowest BCUT2D eigenvalue weighted by molar-refractivity contribution is 0.284. The largest absolute Gasteiger partial charge is 0.489 e. The van der Waals surface area contributed by atoms with Crippen molar-refractivity contribution < 1.29 is 9.84 Å². The molecule has 1 aromatic carbocycles. The first-order valence-electron chi connectivity index (χ1n) is 6.60. The first kappa shape index (κ1) is 13.6. The van der Waals surface area contributed by atoms with Crippen LogP contribution in [0.4, 0.5) is 0 Å². The number of nitrogens with zero attached hydrogens (tertiary/aromatic N) is 1. The fraction of sp³-hybridized carbons (Fsp3) is 0.312. The molecule has 0 saturated heterocycles. The molecule has 0 radical (unpaired) electrons. The van der Waals surface area contributed by atoms with E-state index in [2.05, 4.69) is 17.1 Å². The molecule has 0 amide bonds. The Morgan fingerprint density at radius 2 is 1.63 bits per heavy atom. The molecule has 2 aromatic rings. The van der Waals surface area contributed by atoms with Crippen LogP contribution in [0.3, 0.4) is 0 Å². The van der Waals surface area contributed by atoms with Crippen molar-refractivity contribution in [3.05, 3.63) is 59.9 Å². The molecule has 0 saturated carbocycles. The van der Waals surface area contributed by atoms with Gasteiger partial charge in [-0.3, -0.25) is 4.98 Å². The average molecular weight is 257 g/mol. The van der Waals surface area contributed by atoms with Gasteiger partial charge in [-0.15, -0.1) is 0 Å². The van der Waals surface area contributed by atoms with Crippen molar-refractivity contribution in [2.24, 2.45) is 0 Å². The fourth-order valence-corrected chi connectivity index (χ4v) is 1.84. The van der Waals surface area contributed by atoms with E-state index in [0.29, 0.717) is 6.61 Å². The van der Waals surface area contributed by atoms with Gasteiger partial charge >= 0.3 is 0 Å². The van der Waals surface area contributed by atoms with Gasteiger partial charge in [0.15, 0.2) is 0 Å². The number of aliphatic hydroxyl groups is 1. The van der Waals surface area contributed by atoms with E-state index in [9.17, 15) is 0 Å². The number of hydrogen-bond acceptors (Lipinski definition) is 3. The summed E-state index contributed by atoms with van der Waals surface area (Å²) in [5, 5.41) is 8.74. The van der Waals surface area contributed by atoms with Gasteiger partial charge in [-0.2, -0.15) is 0 Å². The summed E-state index contributed by atoms with van der Waals surface area (Å²) in [6.07, 6.45) is 6.42. The molecule has 0 fully saturated rings. The number of aliphatic hydroxyl groups excluding tert-OH is 1. The second-order valence-electron chi connectivity index (χ2n) is 4.47. The quantitative estimate of drug-likeness (QED) is 0.775. The third kappa shape index (κ3) is 4.72. The van der Waals surface area contributed by atoms with Crippen molar-refractivity contribution in [2.45, 2.75) is 25.9 Å². The molecule has 1 heterocycles. The maximum Gasteiger partial charge on any atom is 0.119 e. The first-order valence-corrected chi connectivity index (χ1v) is 6.60. The summed E-state index contributed by atoms with van der Waals surface area (Å²) in [5.74, 6) is 0.878. The van der Waals surface area contributed by atoms with Gasteiger partial charge in [0.05, 0.1) is 0 Å². The highest BCUT2D eigenvalue weighted by molar-refractivity contribution is 5.27. The molecule has 0 aliphatic carbocycles. The van der Waals surface area contributed by atoms with Gasteiger partial charge in [0.25, 0.3) is 0 Å². The maximum absolute atomic E-state index is 8.74. The number of pyridine rings is 1. The van der Waals surface area contributed by atoms with Crippen molar-refractivity contribution in [3.8, 4) is 5.75 Å². The maximum atomic E-state index is 8.74. The van der Waals surface area contributed by atoms with Crippen LogP contribution in [0.2, 0.25) is 0 Å². The van der Waals surface area contributed by atoms with Crippen LogP contribution in [0.25, 0.3) is 0 Å². The fourth-order valence-electron chi connectivity index (χ4n) is 1.84. The van der Waals surface area contributed by atoms with E-state index in [-0.39, 0.29) is 6.61 Å². The zero-order chi connectivity index (χ0) is 13.3. The van der Waals surface area contributed by atoms with Crippen LogP contribution in [0.1, 0.15) is 24.0 Å². The molecule has 0 spiro atoms. The van der Waals surface area contributed by atoms with E-state index in [1.54, 1.807) is 12.4 Å². The zero-order valence-corrected chi connectivity index (χ0v) is 11.0. The standard InChI is InChI=1S/C16H19NO2/c18-12-2-1-3-14-4-6-16(7-5-14)19-13-15-8-10-17-11-9-15/h4-11,18H,1-3,12-13H2. The summed E-state index contributed by atoms with van der Waals surface area (Å²) in [6, 6.07) is 12.1. The molecule has 100 valence electrons. The van der Waals surface area contributed by atoms with Crippen LogP contribution < -0.4 is 4.74 Å². The number of hydrogen-bond donors (Lipinski definition) is 1. The second kappa shape index (κ2) is 7.54. The van der Waals surface area contributed by atoms with E-state index in [4.69, 9.17) is 9.84 Å². The number of rotatable bonds is 7. The molecule has 0 unspecified atom stereocenters. The summed E-state index contributed by atoms with van der Waals surface area (Å²) in [5.41, 5.74) is 2.40. The van der Waals surface area contributed by atoms with Crippen LogP contribution in [-0.2, 0) is 13.0 Å². The minimum Gasteiger partial charge on any atom is -0.489 e. The van der Waals surface area contributed by atoms with Crippen LogP contribution in [-0.4, -0.2) is 16.7 Å². The van der Waals surface area contributed by atoms with Crippen molar-refractivity contribution in [1.82, 2.24) is 4.98 Å². The lowest BCUT2D eigenvalue weighted by atomic mass is 10.1. The first-order chi connectivity index (χ1) is 9.38. The van der Waals surface area contributed by atoms with Crippen molar-refractivity contribution in [1.29, 1.82) is 0 Å². The molecule has 19 heavy (non-hydrogen) atoms. The van der Waals surface area contributed by atoms with Gasteiger partial charge in [0.2, 0.25) is 0 Å². The second-order valence-corrected chi connectivity index (χ2v) is 4.47. The van der Waals surface area contributed by atoms with Crippen LogP contribution >= 0.6 is 0 Å². The highest BCUT2D eigenvalue weighted by atomic mass is 16.5. The van der Waals surface area contributed by atoms with Crippen LogP contribution in [0, 0.1) is 0 Å². The highest BCUT2D eigenvalue weighted by Crippen LogP contribution is 2.15. The topological polar surface area (TPSA) is 42.4 Å². The number of aromatic nitrogens is 1. The third-order valence-corrected chi connectivity index (χ3v) is 2.95. The Morgan fingerprint density at radius 3 is 2.32 bits per heavy atom. The zero-order valence-electron chi connectivity index (χ0n) is 11.0. The lowest BCUT2D eigenvalue weighted by Gasteiger charge is -2.07. The number of unbranched alkanes of at least 4 members (excludes halogenated alkanes) is 1. The summed E-state index contributed by atoms with van der Waals surface area (Å²) >= 11 is 0. The normalized spacial score (nSPS) is 10.4. The molecule has 3 heteroatoms. The van der Waals surface area contributed by atoms with Gasteiger partial charge in [-0.25, -0.2) is 0 Å². The average Bonchev–Trinajstić information content (AvgIpc) is 2.48. The lowest BCUT2D eigenvalue weighted by Crippen LogP contribution is -1.95. The van der Waals surface area contributed by atoms with Crippen molar-refractivity contribution in [2.75, 3.05) is 6.61 Å². The summed E-state index contributed by atoms with van der Waals surface area (Å²) in [4.78, 5) is 3.97. The number of ether oxygens (including phenoxy) is 1. The van der Waals surface area contributed by atoms with Gasteiger partial charge in [-0.1, -0.05) is 12.1 Å². The predicted octanol–water partition coefficient (Wildman–Crippen LogP) is 2.98. The van der Waals surface area contributed by atoms with E-state index < -0.39 is 0 Å². The molecule has 0 bridgehead atoms. The van der Waals surface area contributed by atoms with E-state index >= 15 is 0 Å². The Bertz CT molecular complexity index is 468. The molecule has 0 atom stereocenters. The predicted molar refractivity (Wildman–Crippen MR) is 75.0 cm³/mol. The summed E-state index contributed by atoms with van der Waals surface area (Å²) in [7, 11) is 0. The molecule has 0 aliphatic rings. The highest BCUT2D eigenvalue weighted by Gasteiger charge is 1.97. The van der Waals surface area contributed by atoms with Crippen molar-refractivity contribution in [3.63, 3.8) is 0 Å². The smallest absolute Gasteiger partial charge is 0.119 e. The monoisotopic (exact) mass is 257 g/mol. The Hall–Kier alpha value is -1.87. The van der Waals surface area contributed by atoms with E-state index in [0.717, 1.165) is 30.6 Å². The summed E-state index contributed by atoms with van der Waals surface area (Å²) < 4.78 is 5.70. The Balaban J connectivity index is 1.81. The minimum absolute atomic E-state index is 0.271. The molecule has 1 N–H and O–H groups in total. The van der Waals surface area contributed by atoms with Crippen molar-refractivity contribution >= 4 is 0 Å². The van der Waals surface area contributed by atoms with Crippen LogP contribution in [0.15, 0.2) is 48.8 Å². The molecule has 2 rings (SSSR count). The molecule has 0 aliphatic heterocycles. The molecular formula is C16H19NO2. The van der Waals surface area contributed by atoms with Crippen LogP contribution in [0.5, 0.6) is 5.75 Å². The van der Waals surface area contributed by atoms with E-state index in [1.165, 1.54) is 5.56 Å². The van der Waals surface area contributed by atoms with Gasteiger partial charge in [-0.05, 0) is 54.7 Å².